The van der Waals surface area contributed by atoms with Gasteiger partial charge in [0.25, 0.3) is 0 Å². The Labute approximate surface area is 223 Å². The molecule has 1 saturated carbocycles. The fourth-order valence-corrected chi connectivity index (χ4v) is 4.05. The summed E-state index contributed by atoms with van der Waals surface area (Å²) in [6.07, 6.45) is 6.71. The first-order valence-corrected chi connectivity index (χ1v) is 11.7. The molecule has 1 fully saturated rings. The van der Waals surface area contributed by atoms with Crippen molar-refractivity contribution < 1.29 is 48.9 Å². The molecule has 1 heterocycles. The third-order valence-corrected chi connectivity index (χ3v) is 5.87. The van der Waals surface area contributed by atoms with Gasteiger partial charge in [0, 0.05) is 23.2 Å². The zero-order chi connectivity index (χ0) is 22.9. The Morgan fingerprint density at radius 2 is 1.65 bits per heavy atom. The molecule has 1 aromatic heterocycles. The van der Waals surface area contributed by atoms with Gasteiger partial charge in [0.15, 0.2) is 5.82 Å². The minimum absolute atomic E-state index is 0. The molecule has 0 bridgehead atoms. The molecule has 1 aliphatic carbocycles. The first kappa shape index (κ1) is 26.2. The van der Waals surface area contributed by atoms with Gasteiger partial charge in [-0.2, -0.15) is 4.98 Å². The van der Waals surface area contributed by atoms with Gasteiger partial charge in [0.1, 0.15) is 5.75 Å². The van der Waals surface area contributed by atoms with Gasteiger partial charge in [-0.15, -0.1) is 0 Å². The third kappa shape index (κ3) is 7.83. The summed E-state index contributed by atoms with van der Waals surface area (Å²) in [5, 5.41) is 10.5. The van der Waals surface area contributed by atoms with Crippen molar-refractivity contribution in [1.82, 2.24) is 9.97 Å². The van der Waals surface area contributed by atoms with Crippen LogP contribution in [0.5, 0.6) is 11.6 Å². The maximum atomic E-state index is 10.5. The van der Waals surface area contributed by atoms with E-state index in [1.807, 2.05) is 60.7 Å². The number of aliphatic carboxylic acids is 1. The molecule has 0 unspecified atom stereocenters. The quantitative estimate of drug-likeness (QED) is 0.333. The summed E-state index contributed by atoms with van der Waals surface area (Å²) < 4.78 is 11.8. The van der Waals surface area contributed by atoms with Crippen LogP contribution in [0.2, 0.25) is 0 Å². The monoisotopic (exact) mass is 468 g/mol. The molecule has 4 rings (SSSR count). The Hall–Kier alpha value is -2.41. The van der Waals surface area contributed by atoms with Crippen molar-refractivity contribution in [1.29, 1.82) is 0 Å². The normalized spacial score (nSPS) is 13.6. The van der Waals surface area contributed by atoms with E-state index in [-0.39, 0.29) is 36.0 Å². The van der Waals surface area contributed by atoms with E-state index in [0.717, 1.165) is 16.8 Å². The zero-order valence-electron chi connectivity index (χ0n) is 19.7. The largest absolute Gasteiger partial charge is 1.00 e. The van der Waals surface area contributed by atoms with E-state index in [0.29, 0.717) is 43.0 Å². The number of hydrogen-bond acceptors (Lipinski definition) is 6. The summed E-state index contributed by atoms with van der Waals surface area (Å²) in [5.41, 5.74) is 2.69. The van der Waals surface area contributed by atoms with Crippen LogP contribution < -0.4 is 44.1 Å². The fourth-order valence-electron chi connectivity index (χ4n) is 4.05. The molecule has 0 radical (unpaired) electrons. The van der Waals surface area contributed by atoms with Gasteiger partial charge in [-0.05, 0) is 55.9 Å². The molecule has 1 aliphatic rings. The average Bonchev–Trinajstić information content (AvgIpc) is 2.87. The van der Waals surface area contributed by atoms with Gasteiger partial charge in [-0.25, -0.2) is 4.98 Å². The van der Waals surface area contributed by atoms with Crippen LogP contribution in [-0.4, -0.2) is 29.2 Å². The van der Waals surface area contributed by atoms with Crippen LogP contribution in [0.3, 0.4) is 0 Å². The van der Waals surface area contributed by atoms with Gasteiger partial charge in [0.05, 0.1) is 18.9 Å². The number of carbonyl (C=O) groups excluding carboxylic acids is 1. The minimum Gasteiger partial charge on any atom is -0.550 e. The Bertz CT molecular complexity index is 1040. The standard InChI is InChI=1S/C27H30N2O4.Na/c30-26(31)12-7-17-32-23-15-13-22(14-16-23)27-28-24(21-10-5-2-6-11-21)18-25(29-27)33-19-20-8-3-1-4-9-20;/h2,5-6,10-11,13-16,18,20H,1,3-4,7-9,12,17,19H2,(H,30,31);/q;+1/p-1. The molecule has 34 heavy (non-hydrogen) atoms. The predicted octanol–water partition coefficient (Wildman–Crippen LogP) is 1.68. The van der Waals surface area contributed by atoms with E-state index < -0.39 is 5.97 Å². The van der Waals surface area contributed by atoms with Crippen molar-refractivity contribution >= 4 is 5.97 Å². The topological polar surface area (TPSA) is 84.4 Å². The molecule has 0 aliphatic heterocycles. The molecule has 172 valence electrons. The van der Waals surface area contributed by atoms with Crippen LogP contribution in [0.4, 0.5) is 0 Å². The minimum atomic E-state index is -1.06. The summed E-state index contributed by atoms with van der Waals surface area (Å²) in [6, 6.07) is 19.4. The Balaban J connectivity index is 0.00000324. The van der Waals surface area contributed by atoms with Crippen LogP contribution in [0.1, 0.15) is 44.9 Å². The van der Waals surface area contributed by atoms with Gasteiger partial charge in [-0.1, -0.05) is 49.6 Å². The molecule has 6 nitrogen and oxygen atoms in total. The second-order valence-corrected chi connectivity index (χ2v) is 8.44. The Morgan fingerprint density at radius 3 is 2.35 bits per heavy atom. The van der Waals surface area contributed by atoms with Crippen molar-refractivity contribution in [2.75, 3.05) is 13.2 Å². The Morgan fingerprint density at radius 1 is 0.912 bits per heavy atom. The van der Waals surface area contributed by atoms with E-state index in [2.05, 4.69) is 0 Å². The van der Waals surface area contributed by atoms with E-state index in [4.69, 9.17) is 19.4 Å². The van der Waals surface area contributed by atoms with Gasteiger partial charge >= 0.3 is 29.6 Å². The van der Waals surface area contributed by atoms with Crippen LogP contribution in [0.25, 0.3) is 22.6 Å². The molecule has 0 spiro atoms. The number of hydrogen-bond donors (Lipinski definition) is 0. The van der Waals surface area contributed by atoms with E-state index in [1.54, 1.807) is 0 Å². The van der Waals surface area contributed by atoms with Crippen molar-refractivity contribution in [3.05, 3.63) is 60.7 Å². The van der Waals surface area contributed by atoms with E-state index in [9.17, 15) is 9.90 Å². The smallest absolute Gasteiger partial charge is 0.550 e. The summed E-state index contributed by atoms with van der Waals surface area (Å²) >= 11 is 0. The SMILES string of the molecule is O=C([O-])CCCOc1ccc(-c2nc(OCC3CCCCC3)cc(-c3ccccc3)n2)cc1.[Na+]. The first-order valence-electron chi connectivity index (χ1n) is 11.7. The molecule has 0 saturated heterocycles. The average molecular weight is 469 g/mol. The van der Waals surface area contributed by atoms with Gasteiger partial charge < -0.3 is 19.4 Å². The molecular formula is C27H29N2NaO4. The number of benzene rings is 2. The second-order valence-electron chi connectivity index (χ2n) is 8.44. The number of carboxylic acid groups (broad SMARTS) is 1. The van der Waals surface area contributed by atoms with Crippen LogP contribution in [0, 0.1) is 5.92 Å². The van der Waals surface area contributed by atoms with Gasteiger partial charge in [0.2, 0.25) is 5.88 Å². The maximum absolute atomic E-state index is 10.5. The summed E-state index contributed by atoms with van der Waals surface area (Å²) in [4.78, 5) is 20.0. The van der Waals surface area contributed by atoms with Crippen molar-refractivity contribution in [2.24, 2.45) is 5.92 Å². The first-order chi connectivity index (χ1) is 16.2. The molecule has 0 amide bonds. The summed E-state index contributed by atoms with van der Waals surface area (Å²) in [7, 11) is 0. The number of carbonyl (C=O) groups is 1. The van der Waals surface area contributed by atoms with Crippen LogP contribution in [-0.2, 0) is 4.79 Å². The molecule has 0 atom stereocenters. The second kappa shape index (κ2) is 13.5. The molecular weight excluding hydrogens is 439 g/mol. The zero-order valence-corrected chi connectivity index (χ0v) is 21.7. The van der Waals surface area contributed by atoms with Crippen LogP contribution >= 0.6 is 0 Å². The predicted molar refractivity (Wildman–Crippen MR) is 125 cm³/mol. The number of ether oxygens (including phenoxy) is 2. The van der Waals surface area contributed by atoms with E-state index >= 15 is 0 Å². The fraction of sp³-hybridized carbons (Fsp3) is 0.370. The van der Waals surface area contributed by atoms with Crippen molar-refractivity contribution in [2.45, 2.75) is 44.9 Å². The molecule has 3 aromatic rings. The summed E-state index contributed by atoms with van der Waals surface area (Å²) in [5.74, 6) is 1.38. The number of carboxylic acids is 1. The van der Waals surface area contributed by atoms with E-state index in [1.165, 1.54) is 32.1 Å². The molecule has 2 aromatic carbocycles. The molecule has 0 N–H and O–H groups in total. The maximum Gasteiger partial charge on any atom is 1.00 e. The van der Waals surface area contributed by atoms with Crippen molar-refractivity contribution in [3.63, 3.8) is 0 Å². The Kier molecular flexibility index (Phi) is 10.4. The summed E-state index contributed by atoms with van der Waals surface area (Å²) in [6.45, 7) is 1.01. The third-order valence-electron chi connectivity index (χ3n) is 5.87. The number of nitrogens with zero attached hydrogens (tertiary/aromatic N) is 2. The number of rotatable bonds is 10. The van der Waals surface area contributed by atoms with Crippen molar-refractivity contribution in [3.8, 4) is 34.3 Å². The number of aromatic nitrogens is 2. The molecule has 7 heteroatoms. The van der Waals surface area contributed by atoms with Gasteiger partial charge in [-0.3, -0.25) is 0 Å². The van der Waals surface area contributed by atoms with Crippen LogP contribution in [0.15, 0.2) is 60.7 Å².